The van der Waals surface area contributed by atoms with Crippen LogP contribution in [0.1, 0.15) is 30.0 Å². The molecule has 1 saturated heterocycles. The number of ether oxygens (including phenoxy) is 2. The molecule has 4 heteroatoms. The van der Waals surface area contributed by atoms with Crippen molar-refractivity contribution in [2.75, 3.05) is 33.4 Å². The molecule has 0 saturated carbocycles. The van der Waals surface area contributed by atoms with Crippen LogP contribution in [0, 0.1) is 0 Å². The highest BCUT2D eigenvalue weighted by molar-refractivity contribution is 5.40. The molecule has 0 bridgehead atoms. The van der Waals surface area contributed by atoms with Gasteiger partial charge in [-0.15, -0.1) is 0 Å². The Kier molecular flexibility index (Phi) is 4.24. The Balaban J connectivity index is 1.71. The number of hydrogen-bond acceptors (Lipinski definition) is 4. The number of fused-ring (bicyclic) bond motifs is 1. The van der Waals surface area contributed by atoms with E-state index in [0.717, 1.165) is 31.9 Å². The highest BCUT2D eigenvalue weighted by Crippen LogP contribution is 2.30. The van der Waals surface area contributed by atoms with E-state index in [2.05, 4.69) is 30.1 Å². The predicted octanol–water partition coefficient (Wildman–Crippen LogP) is 1.73. The summed E-state index contributed by atoms with van der Waals surface area (Å²) in [7, 11) is 2.14. The maximum Gasteiger partial charge on any atom is 0.122 e. The Morgan fingerprint density at radius 3 is 3.05 bits per heavy atom. The van der Waals surface area contributed by atoms with E-state index in [9.17, 15) is 0 Å². The summed E-state index contributed by atoms with van der Waals surface area (Å²) in [4.78, 5) is 2.33. The minimum atomic E-state index is 0.255. The Bertz CT molecular complexity index is 458. The van der Waals surface area contributed by atoms with Gasteiger partial charge in [0.05, 0.1) is 12.7 Å². The summed E-state index contributed by atoms with van der Waals surface area (Å²) in [6.07, 6.45) is 3.73. The van der Waals surface area contributed by atoms with Crippen molar-refractivity contribution in [3.05, 3.63) is 29.3 Å². The summed E-state index contributed by atoms with van der Waals surface area (Å²) in [6.45, 7) is 3.29. The second-order valence-electron chi connectivity index (χ2n) is 5.79. The van der Waals surface area contributed by atoms with Gasteiger partial charge in [-0.25, -0.2) is 0 Å². The molecule has 0 spiro atoms. The highest BCUT2D eigenvalue weighted by atomic mass is 16.5. The molecular formula is C16H24N2O2. The van der Waals surface area contributed by atoms with Gasteiger partial charge in [0.25, 0.3) is 0 Å². The fourth-order valence-corrected chi connectivity index (χ4v) is 3.22. The van der Waals surface area contributed by atoms with Crippen molar-refractivity contribution >= 4 is 0 Å². The minimum absolute atomic E-state index is 0.255. The maximum atomic E-state index is 6.01. The summed E-state index contributed by atoms with van der Waals surface area (Å²) in [5, 5.41) is 0. The molecule has 1 aromatic rings. The average molecular weight is 276 g/mol. The van der Waals surface area contributed by atoms with Crippen LogP contribution in [0.5, 0.6) is 5.75 Å². The number of benzene rings is 1. The van der Waals surface area contributed by atoms with Gasteiger partial charge in [0.15, 0.2) is 0 Å². The fourth-order valence-electron chi connectivity index (χ4n) is 3.22. The molecule has 0 radical (unpaired) electrons. The van der Waals surface area contributed by atoms with Crippen LogP contribution < -0.4 is 10.5 Å². The number of nitrogens with zero attached hydrogens (tertiary/aromatic N) is 1. The van der Waals surface area contributed by atoms with Crippen LogP contribution in [0.15, 0.2) is 18.2 Å². The van der Waals surface area contributed by atoms with E-state index in [1.807, 2.05) is 0 Å². The first-order chi connectivity index (χ1) is 9.78. The van der Waals surface area contributed by atoms with Gasteiger partial charge in [-0.2, -0.15) is 0 Å². The van der Waals surface area contributed by atoms with Gasteiger partial charge in [-0.05, 0) is 37.1 Å². The summed E-state index contributed by atoms with van der Waals surface area (Å²) >= 11 is 0. The molecule has 0 amide bonds. The zero-order valence-corrected chi connectivity index (χ0v) is 12.2. The molecule has 1 fully saturated rings. The lowest BCUT2D eigenvalue weighted by Gasteiger charge is -2.29. The molecule has 2 heterocycles. The van der Waals surface area contributed by atoms with E-state index in [4.69, 9.17) is 15.2 Å². The molecule has 110 valence electrons. The van der Waals surface area contributed by atoms with Gasteiger partial charge in [-0.3, -0.25) is 4.90 Å². The van der Waals surface area contributed by atoms with Crippen LogP contribution in [-0.2, 0) is 11.2 Å². The molecule has 4 nitrogen and oxygen atoms in total. The lowest BCUT2D eigenvalue weighted by Crippen LogP contribution is -2.36. The average Bonchev–Trinajstić information content (AvgIpc) is 3.09. The standard InChI is InChI=1S/C16H24N2O2/c1-18(11-14-3-2-7-19-14)15(10-17)12-4-5-16-13(9-12)6-8-20-16/h4-5,9,14-15H,2-3,6-8,10-11,17H2,1H3. The summed E-state index contributed by atoms with van der Waals surface area (Å²) in [6, 6.07) is 6.74. The molecule has 2 N–H and O–H groups in total. The van der Waals surface area contributed by atoms with E-state index in [-0.39, 0.29) is 6.04 Å². The molecule has 2 aliphatic rings. The van der Waals surface area contributed by atoms with E-state index in [1.165, 1.54) is 24.0 Å². The second-order valence-corrected chi connectivity index (χ2v) is 5.79. The van der Waals surface area contributed by atoms with Crippen molar-refractivity contribution in [2.24, 2.45) is 5.73 Å². The predicted molar refractivity (Wildman–Crippen MR) is 79.0 cm³/mol. The lowest BCUT2D eigenvalue weighted by molar-refractivity contribution is 0.0689. The van der Waals surface area contributed by atoms with Gasteiger partial charge in [0, 0.05) is 32.2 Å². The maximum absolute atomic E-state index is 6.01. The normalized spacial score (nSPS) is 22.9. The van der Waals surface area contributed by atoms with E-state index in [1.54, 1.807) is 0 Å². The number of nitrogens with two attached hydrogens (primary N) is 1. The van der Waals surface area contributed by atoms with Gasteiger partial charge >= 0.3 is 0 Å². The Morgan fingerprint density at radius 2 is 2.30 bits per heavy atom. The van der Waals surface area contributed by atoms with Gasteiger partial charge in [0.2, 0.25) is 0 Å². The molecule has 2 aliphatic heterocycles. The highest BCUT2D eigenvalue weighted by Gasteiger charge is 2.23. The van der Waals surface area contributed by atoms with Crippen LogP contribution in [0.3, 0.4) is 0 Å². The summed E-state index contributed by atoms with van der Waals surface area (Å²) in [5.74, 6) is 1.03. The summed E-state index contributed by atoms with van der Waals surface area (Å²) in [5.41, 5.74) is 8.61. The first-order valence-electron chi connectivity index (χ1n) is 7.55. The van der Waals surface area contributed by atoms with Crippen LogP contribution in [-0.4, -0.2) is 44.4 Å². The molecule has 1 aromatic carbocycles. The Morgan fingerprint density at radius 1 is 1.40 bits per heavy atom. The molecule has 20 heavy (non-hydrogen) atoms. The lowest BCUT2D eigenvalue weighted by atomic mass is 10.0. The SMILES string of the molecule is CN(CC1CCCO1)C(CN)c1ccc2c(c1)CCO2. The van der Waals surface area contributed by atoms with Crippen molar-refractivity contribution < 1.29 is 9.47 Å². The minimum Gasteiger partial charge on any atom is -0.493 e. The van der Waals surface area contributed by atoms with E-state index >= 15 is 0 Å². The molecular weight excluding hydrogens is 252 g/mol. The fraction of sp³-hybridized carbons (Fsp3) is 0.625. The van der Waals surface area contributed by atoms with Gasteiger partial charge < -0.3 is 15.2 Å². The van der Waals surface area contributed by atoms with Gasteiger partial charge in [-0.1, -0.05) is 12.1 Å². The van der Waals surface area contributed by atoms with Crippen molar-refractivity contribution in [3.63, 3.8) is 0 Å². The first kappa shape index (κ1) is 13.9. The third-order valence-corrected chi connectivity index (χ3v) is 4.37. The largest absolute Gasteiger partial charge is 0.493 e. The van der Waals surface area contributed by atoms with Crippen LogP contribution in [0.25, 0.3) is 0 Å². The number of likely N-dealkylation sites (N-methyl/N-ethyl adjacent to an activating group) is 1. The van der Waals surface area contributed by atoms with Crippen molar-refractivity contribution in [1.29, 1.82) is 0 Å². The zero-order chi connectivity index (χ0) is 13.9. The molecule has 3 rings (SSSR count). The quantitative estimate of drug-likeness (QED) is 0.890. The molecule has 0 aliphatic carbocycles. The van der Waals surface area contributed by atoms with E-state index < -0.39 is 0 Å². The van der Waals surface area contributed by atoms with Crippen LogP contribution in [0.2, 0.25) is 0 Å². The Hall–Kier alpha value is -1.10. The summed E-state index contributed by atoms with van der Waals surface area (Å²) < 4.78 is 11.3. The zero-order valence-electron chi connectivity index (χ0n) is 12.2. The third-order valence-electron chi connectivity index (χ3n) is 4.37. The monoisotopic (exact) mass is 276 g/mol. The second kappa shape index (κ2) is 6.12. The number of rotatable bonds is 5. The van der Waals surface area contributed by atoms with Crippen LogP contribution >= 0.6 is 0 Å². The topological polar surface area (TPSA) is 47.7 Å². The molecule has 2 atom stereocenters. The Labute approximate surface area is 120 Å². The van der Waals surface area contributed by atoms with Gasteiger partial charge in [0.1, 0.15) is 5.75 Å². The molecule has 0 aromatic heterocycles. The van der Waals surface area contributed by atoms with Crippen molar-refractivity contribution in [1.82, 2.24) is 4.90 Å². The van der Waals surface area contributed by atoms with Crippen LogP contribution in [0.4, 0.5) is 0 Å². The smallest absolute Gasteiger partial charge is 0.122 e. The van der Waals surface area contributed by atoms with Crippen molar-refractivity contribution in [3.8, 4) is 5.75 Å². The molecule has 2 unspecified atom stereocenters. The third kappa shape index (κ3) is 2.82. The number of hydrogen-bond donors (Lipinski definition) is 1. The van der Waals surface area contributed by atoms with Crippen molar-refractivity contribution in [2.45, 2.75) is 31.4 Å². The van der Waals surface area contributed by atoms with E-state index in [0.29, 0.717) is 12.6 Å². The first-order valence-corrected chi connectivity index (χ1v) is 7.55.